The summed E-state index contributed by atoms with van der Waals surface area (Å²) >= 11 is 3.40. The molecule has 0 atom stereocenters. The molecule has 0 unspecified atom stereocenters. The van der Waals surface area contributed by atoms with Crippen molar-refractivity contribution in [1.29, 1.82) is 0 Å². The van der Waals surface area contributed by atoms with Gasteiger partial charge in [-0.15, -0.1) is 0 Å². The van der Waals surface area contributed by atoms with Gasteiger partial charge in [0.25, 0.3) is 0 Å². The minimum Gasteiger partial charge on any atom is -0.325 e. The van der Waals surface area contributed by atoms with Gasteiger partial charge in [-0.25, -0.2) is 4.98 Å². The van der Waals surface area contributed by atoms with Crippen LogP contribution in [0.1, 0.15) is 30.6 Å². The summed E-state index contributed by atoms with van der Waals surface area (Å²) in [5.41, 5.74) is 2.25. The first-order chi connectivity index (χ1) is 9.20. The van der Waals surface area contributed by atoms with E-state index in [-0.39, 0.29) is 0 Å². The highest BCUT2D eigenvalue weighted by Gasteiger charge is 2.07. The third kappa shape index (κ3) is 3.88. The maximum absolute atomic E-state index is 4.42. The van der Waals surface area contributed by atoms with Gasteiger partial charge in [0.15, 0.2) is 0 Å². The summed E-state index contributed by atoms with van der Waals surface area (Å²) in [6.45, 7) is 6.84. The Hall–Kier alpha value is -1.20. The first-order valence-electron chi connectivity index (χ1n) is 6.53. The summed E-state index contributed by atoms with van der Waals surface area (Å²) in [5.74, 6) is 1.03. The van der Waals surface area contributed by atoms with Crippen molar-refractivity contribution in [1.82, 2.24) is 19.9 Å². The van der Waals surface area contributed by atoms with E-state index < -0.39 is 0 Å². The average molecular weight is 323 g/mol. The van der Waals surface area contributed by atoms with Gasteiger partial charge in [-0.3, -0.25) is 4.98 Å². The molecule has 0 amide bonds. The molecule has 0 saturated heterocycles. The van der Waals surface area contributed by atoms with Gasteiger partial charge < -0.3 is 9.88 Å². The Bertz CT molecular complexity index is 519. The quantitative estimate of drug-likeness (QED) is 0.831. The molecule has 0 aliphatic rings. The van der Waals surface area contributed by atoms with Gasteiger partial charge in [-0.05, 0) is 48.0 Å². The van der Waals surface area contributed by atoms with Crippen LogP contribution in [0.3, 0.4) is 0 Å². The maximum atomic E-state index is 4.42. The van der Waals surface area contributed by atoms with E-state index in [9.17, 15) is 0 Å². The molecule has 2 rings (SSSR count). The molecule has 2 aromatic rings. The molecule has 0 bridgehead atoms. The number of hydrogen-bond acceptors (Lipinski definition) is 3. The molecule has 1 N–H and O–H groups in total. The molecule has 2 heterocycles. The number of nitrogens with zero attached hydrogens (tertiary/aromatic N) is 3. The van der Waals surface area contributed by atoms with Crippen LogP contribution in [0.25, 0.3) is 0 Å². The minimum absolute atomic E-state index is 0.766. The SMILES string of the molecule is CCCNCc1cnc(C)n1Cc1ccc(Br)cn1. The number of nitrogens with one attached hydrogen (secondary N) is 1. The summed E-state index contributed by atoms with van der Waals surface area (Å²) in [4.78, 5) is 8.81. The Balaban J connectivity index is 2.10. The molecule has 4 nitrogen and oxygen atoms in total. The van der Waals surface area contributed by atoms with E-state index in [0.717, 1.165) is 42.0 Å². The fourth-order valence-corrected chi connectivity index (χ4v) is 2.16. The lowest BCUT2D eigenvalue weighted by Crippen LogP contribution is -2.18. The van der Waals surface area contributed by atoms with Crippen LogP contribution in [0.4, 0.5) is 0 Å². The average Bonchev–Trinajstić information content (AvgIpc) is 2.74. The van der Waals surface area contributed by atoms with E-state index in [1.165, 1.54) is 5.69 Å². The maximum Gasteiger partial charge on any atom is 0.106 e. The van der Waals surface area contributed by atoms with Crippen molar-refractivity contribution in [3.05, 3.63) is 46.2 Å². The van der Waals surface area contributed by atoms with Gasteiger partial charge in [0, 0.05) is 23.4 Å². The normalized spacial score (nSPS) is 10.9. The highest BCUT2D eigenvalue weighted by molar-refractivity contribution is 9.10. The predicted molar refractivity (Wildman–Crippen MR) is 80.0 cm³/mol. The van der Waals surface area contributed by atoms with Gasteiger partial charge >= 0.3 is 0 Å². The van der Waals surface area contributed by atoms with Gasteiger partial charge in [0.2, 0.25) is 0 Å². The zero-order chi connectivity index (χ0) is 13.7. The molecule has 0 aliphatic carbocycles. The zero-order valence-corrected chi connectivity index (χ0v) is 12.9. The lowest BCUT2D eigenvalue weighted by molar-refractivity contribution is 0.619. The molecular weight excluding hydrogens is 304 g/mol. The van der Waals surface area contributed by atoms with Crippen molar-refractivity contribution < 1.29 is 0 Å². The fourth-order valence-electron chi connectivity index (χ4n) is 1.93. The van der Waals surface area contributed by atoms with Crippen molar-refractivity contribution in [3.63, 3.8) is 0 Å². The van der Waals surface area contributed by atoms with Crippen LogP contribution in [0.5, 0.6) is 0 Å². The minimum atomic E-state index is 0.766. The van der Waals surface area contributed by atoms with Crippen LogP contribution in [0.15, 0.2) is 29.0 Å². The second-order valence-corrected chi connectivity index (χ2v) is 5.44. The number of halogens is 1. The van der Waals surface area contributed by atoms with E-state index in [1.54, 1.807) is 0 Å². The van der Waals surface area contributed by atoms with Crippen LogP contribution in [0, 0.1) is 6.92 Å². The molecule has 2 aromatic heterocycles. The largest absolute Gasteiger partial charge is 0.325 e. The number of hydrogen-bond donors (Lipinski definition) is 1. The topological polar surface area (TPSA) is 42.7 Å². The number of imidazole rings is 1. The first kappa shape index (κ1) is 14.2. The first-order valence-corrected chi connectivity index (χ1v) is 7.32. The molecule has 0 aliphatic heterocycles. The van der Waals surface area contributed by atoms with E-state index in [0.29, 0.717) is 0 Å². The van der Waals surface area contributed by atoms with Crippen molar-refractivity contribution in [2.45, 2.75) is 33.4 Å². The van der Waals surface area contributed by atoms with E-state index in [1.807, 2.05) is 31.5 Å². The van der Waals surface area contributed by atoms with Crippen molar-refractivity contribution in [2.24, 2.45) is 0 Å². The number of aromatic nitrogens is 3. The van der Waals surface area contributed by atoms with Crippen molar-refractivity contribution in [3.8, 4) is 0 Å². The van der Waals surface area contributed by atoms with Crippen molar-refractivity contribution >= 4 is 15.9 Å². The Morgan fingerprint density at radius 2 is 2.11 bits per heavy atom. The van der Waals surface area contributed by atoms with Gasteiger partial charge in [-0.2, -0.15) is 0 Å². The van der Waals surface area contributed by atoms with Crippen LogP contribution in [-0.2, 0) is 13.1 Å². The van der Waals surface area contributed by atoms with Crippen LogP contribution < -0.4 is 5.32 Å². The Morgan fingerprint density at radius 1 is 1.26 bits per heavy atom. The van der Waals surface area contributed by atoms with Gasteiger partial charge in [0.05, 0.1) is 17.9 Å². The Morgan fingerprint density at radius 3 is 2.79 bits per heavy atom. The van der Waals surface area contributed by atoms with Gasteiger partial charge in [-0.1, -0.05) is 6.92 Å². The second kappa shape index (κ2) is 6.82. The second-order valence-electron chi connectivity index (χ2n) is 4.53. The monoisotopic (exact) mass is 322 g/mol. The third-order valence-electron chi connectivity index (χ3n) is 2.98. The molecule has 0 aromatic carbocycles. The predicted octanol–water partition coefficient (Wildman–Crippen LogP) is 2.90. The van der Waals surface area contributed by atoms with Crippen LogP contribution in [-0.4, -0.2) is 21.1 Å². The number of aryl methyl sites for hydroxylation is 1. The Kier molecular flexibility index (Phi) is 5.10. The summed E-state index contributed by atoms with van der Waals surface area (Å²) in [6.07, 6.45) is 4.91. The van der Waals surface area contributed by atoms with E-state index in [2.05, 4.69) is 42.7 Å². The van der Waals surface area contributed by atoms with Gasteiger partial charge in [0.1, 0.15) is 5.82 Å². The molecule has 19 heavy (non-hydrogen) atoms. The smallest absolute Gasteiger partial charge is 0.106 e. The standard InChI is InChI=1S/C14H19BrN4/c1-3-6-16-8-14-9-17-11(2)19(14)10-13-5-4-12(15)7-18-13/h4-5,7,9,16H,3,6,8,10H2,1-2H3. The zero-order valence-electron chi connectivity index (χ0n) is 11.4. The molecule has 102 valence electrons. The van der Waals surface area contributed by atoms with E-state index >= 15 is 0 Å². The molecule has 5 heteroatoms. The molecule has 0 spiro atoms. The lowest BCUT2D eigenvalue weighted by atomic mass is 10.3. The summed E-state index contributed by atoms with van der Waals surface area (Å²) < 4.78 is 3.21. The summed E-state index contributed by atoms with van der Waals surface area (Å²) in [7, 11) is 0. The summed E-state index contributed by atoms with van der Waals surface area (Å²) in [6, 6.07) is 4.05. The fraction of sp³-hybridized carbons (Fsp3) is 0.429. The van der Waals surface area contributed by atoms with Crippen LogP contribution >= 0.6 is 15.9 Å². The van der Waals surface area contributed by atoms with Crippen molar-refractivity contribution in [2.75, 3.05) is 6.54 Å². The molecule has 0 fully saturated rings. The lowest BCUT2D eigenvalue weighted by Gasteiger charge is -2.10. The highest BCUT2D eigenvalue weighted by atomic mass is 79.9. The molecule has 0 radical (unpaired) electrons. The number of rotatable bonds is 6. The van der Waals surface area contributed by atoms with E-state index in [4.69, 9.17) is 0 Å². The third-order valence-corrected chi connectivity index (χ3v) is 3.45. The Labute approximate surface area is 122 Å². The van der Waals surface area contributed by atoms with Crippen LogP contribution in [0.2, 0.25) is 0 Å². The molecular formula is C14H19BrN4. The highest BCUT2D eigenvalue weighted by Crippen LogP contribution is 2.11. The number of pyridine rings is 1. The molecule has 0 saturated carbocycles. The summed E-state index contributed by atoms with van der Waals surface area (Å²) in [5, 5.41) is 3.41.